The summed E-state index contributed by atoms with van der Waals surface area (Å²) in [6.45, 7) is 4.84. The van der Waals surface area contributed by atoms with Crippen LogP contribution in [-0.2, 0) is 18.5 Å². The zero-order chi connectivity index (χ0) is 12.0. The molecule has 0 aromatic heterocycles. The number of hydrogen-bond acceptors (Lipinski definition) is 5. The Morgan fingerprint density at radius 2 is 1.56 bits per heavy atom. The number of rotatable bonds is 1. The predicted molar refractivity (Wildman–Crippen MR) is 62.1 cm³/mol. The molecule has 0 aromatic rings. The molecule has 7 heteroatoms. The minimum atomic E-state index is -2.03. The van der Waals surface area contributed by atoms with Gasteiger partial charge in [0.1, 0.15) is 0 Å². The van der Waals surface area contributed by atoms with Crippen molar-refractivity contribution < 1.29 is 18.5 Å². The second kappa shape index (κ2) is 4.45. The van der Waals surface area contributed by atoms with Gasteiger partial charge in [0.05, 0.1) is 0 Å². The second-order valence-corrected chi connectivity index (χ2v) is 9.78. The molecule has 2 unspecified atom stereocenters. The van der Waals surface area contributed by atoms with Gasteiger partial charge in [-0.1, -0.05) is 0 Å². The van der Waals surface area contributed by atoms with Gasteiger partial charge < -0.3 is 0 Å². The van der Waals surface area contributed by atoms with Crippen molar-refractivity contribution in [3.8, 4) is 0 Å². The maximum atomic E-state index is 5.81. The molecule has 94 valence electrons. The van der Waals surface area contributed by atoms with Crippen molar-refractivity contribution >= 4 is 21.2 Å². The fourth-order valence-electron chi connectivity index (χ4n) is 1.79. The first-order valence-electron chi connectivity index (χ1n) is 5.25. The van der Waals surface area contributed by atoms with Gasteiger partial charge in [0.2, 0.25) is 0 Å². The van der Waals surface area contributed by atoms with Gasteiger partial charge >= 0.3 is 104 Å². The summed E-state index contributed by atoms with van der Waals surface area (Å²) in [6, 6.07) is 0. The van der Waals surface area contributed by atoms with Crippen LogP contribution in [0.25, 0.3) is 0 Å². The molecule has 2 aliphatic rings. The van der Waals surface area contributed by atoms with Gasteiger partial charge in [-0.2, -0.15) is 0 Å². The summed E-state index contributed by atoms with van der Waals surface area (Å²) in [5.74, 6) is -0.532. The molecule has 0 N–H and O–H groups in total. The molecule has 2 atom stereocenters. The first kappa shape index (κ1) is 13.2. The van der Waals surface area contributed by atoms with Crippen molar-refractivity contribution in [3.05, 3.63) is 0 Å². The van der Waals surface area contributed by atoms with E-state index in [1.807, 2.05) is 32.6 Å². The molecule has 2 aliphatic heterocycles. The van der Waals surface area contributed by atoms with Crippen molar-refractivity contribution in [3.63, 3.8) is 0 Å². The van der Waals surface area contributed by atoms with Crippen LogP contribution >= 0.6 is 6.11 Å². The number of hydrogen-bond donors (Lipinski definition) is 0. The first-order chi connectivity index (χ1) is 7.32. The summed E-state index contributed by atoms with van der Waals surface area (Å²) in [5.41, 5.74) is 0. The molecule has 0 aromatic carbocycles. The quantitative estimate of drug-likeness (QED) is 0.533. The van der Waals surface area contributed by atoms with Crippen LogP contribution in [0, 0.1) is 0 Å². The summed E-state index contributed by atoms with van der Waals surface area (Å²) in [5, 5.41) is 0. The third-order valence-corrected chi connectivity index (χ3v) is 7.89. The van der Waals surface area contributed by atoms with Crippen molar-refractivity contribution in [2.24, 2.45) is 0 Å². The second-order valence-electron chi connectivity index (χ2n) is 4.62. The SMILES string of the molecule is CN(C)P1(=[Se])OCC2OC(C)(C)OC2CO1. The molecule has 0 amide bonds. The summed E-state index contributed by atoms with van der Waals surface area (Å²) in [4.78, 5) is 0. The van der Waals surface area contributed by atoms with Crippen LogP contribution in [0.2, 0.25) is 0 Å². The van der Waals surface area contributed by atoms with Gasteiger partial charge in [-0.3, -0.25) is 0 Å². The van der Waals surface area contributed by atoms with Crippen LogP contribution in [0.1, 0.15) is 13.8 Å². The molecule has 0 aliphatic carbocycles. The summed E-state index contributed by atoms with van der Waals surface area (Å²) >= 11 is 3.02. The Hall–Kier alpha value is 0.749. The fraction of sp³-hybridized carbons (Fsp3) is 1.00. The zero-order valence-corrected chi connectivity index (χ0v) is 12.6. The van der Waals surface area contributed by atoms with Gasteiger partial charge in [0.15, 0.2) is 0 Å². The average Bonchev–Trinajstić information content (AvgIpc) is 2.38. The van der Waals surface area contributed by atoms with E-state index in [2.05, 4.69) is 15.1 Å². The van der Waals surface area contributed by atoms with E-state index < -0.39 is 11.9 Å². The maximum absolute atomic E-state index is 5.81. The van der Waals surface area contributed by atoms with E-state index in [1.54, 1.807) is 0 Å². The monoisotopic (exact) mass is 315 g/mol. The molecule has 0 spiro atoms. The number of ether oxygens (including phenoxy) is 2. The Kier molecular flexibility index (Phi) is 3.67. The first-order valence-corrected chi connectivity index (χ1v) is 9.04. The molecule has 5 nitrogen and oxygen atoms in total. The Bertz CT molecular complexity index is 301. The molecule has 2 rings (SSSR count). The molecule has 2 fully saturated rings. The molecular formula is C9H18NO4PSe. The van der Waals surface area contributed by atoms with Gasteiger partial charge in [-0.25, -0.2) is 0 Å². The Labute approximate surface area is 104 Å². The molecule has 0 radical (unpaired) electrons. The number of fused-ring (bicyclic) bond motifs is 1. The van der Waals surface area contributed by atoms with Crippen LogP contribution in [0.15, 0.2) is 0 Å². The number of nitrogens with zero attached hydrogens (tertiary/aromatic N) is 1. The van der Waals surface area contributed by atoms with E-state index >= 15 is 0 Å². The van der Waals surface area contributed by atoms with Crippen molar-refractivity contribution in [2.45, 2.75) is 31.8 Å². The molecule has 0 saturated carbocycles. The molecule has 16 heavy (non-hydrogen) atoms. The van der Waals surface area contributed by atoms with Crippen molar-refractivity contribution in [1.29, 1.82) is 0 Å². The van der Waals surface area contributed by atoms with Crippen LogP contribution < -0.4 is 0 Å². The van der Waals surface area contributed by atoms with E-state index in [4.69, 9.17) is 18.5 Å². The Morgan fingerprint density at radius 1 is 1.12 bits per heavy atom. The van der Waals surface area contributed by atoms with E-state index in [-0.39, 0.29) is 12.2 Å². The topological polar surface area (TPSA) is 40.2 Å². The minimum absolute atomic E-state index is 0.0369. The normalized spacial score (nSPS) is 43.1. The van der Waals surface area contributed by atoms with E-state index in [0.29, 0.717) is 13.2 Å². The van der Waals surface area contributed by atoms with Crippen molar-refractivity contribution in [1.82, 2.24) is 4.67 Å². The van der Waals surface area contributed by atoms with Crippen LogP contribution in [0.3, 0.4) is 0 Å². The van der Waals surface area contributed by atoms with E-state index in [9.17, 15) is 0 Å². The third kappa shape index (κ3) is 2.60. The van der Waals surface area contributed by atoms with Crippen LogP contribution in [0.4, 0.5) is 0 Å². The molecule has 2 heterocycles. The summed E-state index contributed by atoms with van der Waals surface area (Å²) in [7, 11) is 3.88. The molecule has 2 saturated heterocycles. The fourth-order valence-corrected chi connectivity index (χ4v) is 3.77. The van der Waals surface area contributed by atoms with E-state index in [0.717, 1.165) is 0 Å². The summed E-state index contributed by atoms with van der Waals surface area (Å²) in [6.07, 6.45) is -2.10. The average molecular weight is 314 g/mol. The molecular weight excluding hydrogens is 296 g/mol. The Morgan fingerprint density at radius 3 is 1.94 bits per heavy atom. The third-order valence-electron chi connectivity index (χ3n) is 2.58. The Balaban J connectivity index is 2.07. The zero-order valence-electron chi connectivity index (χ0n) is 10.0. The molecule has 0 bridgehead atoms. The van der Waals surface area contributed by atoms with Crippen molar-refractivity contribution in [2.75, 3.05) is 27.3 Å². The van der Waals surface area contributed by atoms with Gasteiger partial charge in [-0.15, -0.1) is 0 Å². The van der Waals surface area contributed by atoms with E-state index in [1.165, 1.54) is 0 Å². The predicted octanol–water partition coefficient (Wildman–Crippen LogP) is 0.961. The van der Waals surface area contributed by atoms with Crippen LogP contribution in [-0.4, -0.2) is 65.1 Å². The summed E-state index contributed by atoms with van der Waals surface area (Å²) < 4.78 is 25.1. The van der Waals surface area contributed by atoms with Gasteiger partial charge in [-0.05, 0) is 0 Å². The standard InChI is InChI=1S/C9H18NO4PSe/c1-9(2)13-7-5-11-15(16,10(3)4)12-6-8(7)14-9/h7-8H,5-6H2,1-4H3. The van der Waals surface area contributed by atoms with Gasteiger partial charge in [0.25, 0.3) is 0 Å². The van der Waals surface area contributed by atoms with Gasteiger partial charge in [0, 0.05) is 0 Å². The van der Waals surface area contributed by atoms with Crippen LogP contribution in [0.5, 0.6) is 0 Å².